The van der Waals surface area contributed by atoms with E-state index in [0.29, 0.717) is 10.0 Å². The van der Waals surface area contributed by atoms with Gasteiger partial charge in [0.25, 0.3) is 0 Å². The quantitative estimate of drug-likeness (QED) is 0.636. The number of hydrogen-bond donors (Lipinski definition) is 0. The van der Waals surface area contributed by atoms with E-state index in [9.17, 15) is 0 Å². The summed E-state index contributed by atoms with van der Waals surface area (Å²) in [6, 6.07) is 15.9. The van der Waals surface area contributed by atoms with Crippen molar-refractivity contribution in [3.05, 3.63) is 69.7 Å². The van der Waals surface area contributed by atoms with E-state index >= 15 is 0 Å². The number of benzene rings is 2. The minimum atomic E-state index is 0.203. The Balaban J connectivity index is 2.17. The monoisotopic (exact) mass is 328 g/mol. The van der Waals surface area contributed by atoms with Crippen molar-refractivity contribution < 1.29 is 0 Å². The van der Waals surface area contributed by atoms with Gasteiger partial charge in [-0.05, 0) is 29.7 Å². The summed E-state index contributed by atoms with van der Waals surface area (Å²) in [7, 11) is 0. The van der Waals surface area contributed by atoms with Crippen LogP contribution in [0, 0.1) is 0 Å². The van der Waals surface area contributed by atoms with E-state index in [2.05, 4.69) is 28.1 Å². The molecular weight excluding hydrogens is 319 g/mol. The molecule has 0 N–H and O–H groups in total. The Hall–Kier alpha value is -0.500. The fraction of sp³-hybridized carbons (Fsp3) is 0.143. The molecule has 0 aliphatic carbocycles. The van der Waals surface area contributed by atoms with Gasteiger partial charge in [0.15, 0.2) is 0 Å². The van der Waals surface area contributed by atoms with Gasteiger partial charge in [-0.1, -0.05) is 75.5 Å². The van der Waals surface area contributed by atoms with E-state index in [0.717, 1.165) is 12.0 Å². The third kappa shape index (κ3) is 3.48. The molecule has 0 aliphatic heterocycles. The van der Waals surface area contributed by atoms with Crippen LogP contribution in [0.1, 0.15) is 16.0 Å². The zero-order valence-corrected chi connectivity index (χ0v) is 12.1. The Labute approximate surface area is 120 Å². The van der Waals surface area contributed by atoms with E-state index in [4.69, 9.17) is 23.2 Å². The summed E-state index contributed by atoms with van der Waals surface area (Å²) in [4.78, 5) is 0.203. The highest BCUT2D eigenvalue weighted by atomic mass is 79.9. The van der Waals surface area contributed by atoms with Crippen molar-refractivity contribution >= 4 is 39.1 Å². The molecule has 3 heteroatoms. The van der Waals surface area contributed by atoms with Crippen molar-refractivity contribution in [2.45, 2.75) is 11.2 Å². The lowest BCUT2D eigenvalue weighted by atomic mass is 10.0. The molecule has 0 bridgehead atoms. The molecule has 0 nitrogen and oxygen atoms in total. The number of alkyl halides is 1. The van der Waals surface area contributed by atoms with Gasteiger partial charge < -0.3 is 0 Å². The van der Waals surface area contributed by atoms with Crippen LogP contribution in [0.2, 0.25) is 10.0 Å². The van der Waals surface area contributed by atoms with Gasteiger partial charge in [-0.3, -0.25) is 0 Å². The lowest BCUT2D eigenvalue weighted by molar-refractivity contribution is 0.949. The molecule has 0 radical (unpaired) electrons. The Bertz CT molecular complexity index is 497. The first-order chi connectivity index (χ1) is 8.16. The van der Waals surface area contributed by atoms with Gasteiger partial charge in [0.05, 0.1) is 0 Å². The summed E-state index contributed by atoms with van der Waals surface area (Å²) in [6.07, 6.45) is 0.905. The first-order valence-electron chi connectivity index (χ1n) is 5.30. The molecule has 0 saturated carbocycles. The highest BCUT2D eigenvalue weighted by molar-refractivity contribution is 9.09. The number of rotatable bonds is 3. The van der Waals surface area contributed by atoms with Crippen LogP contribution < -0.4 is 0 Å². The minimum Gasteiger partial charge on any atom is -0.0843 e. The molecule has 2 rings (SSSR count). The molecule has 0 aromatic heterocycles. The first-order valence-corrected chi connectivity index (χ1v) is 6.97. The van der Waals surface area contributed by atoms with Crippen LogP contribution in [0.15, 0.2) is 48.5 Å². The lowest BCUT2D eigenvalue weighted by Gasteiger charge is -2.12. The molecule has 17 heavy (non-hydrogen) atoms. The Morgan fingerprint density at radius 1 is 1.00 bits per heavy atom. The summed E-state index contributed by atoms with van der Waals surface area (Å²) in [5, 5.41) is 1.37. The number of halogens is 3. The Morgan fingerprint density at radius 2 is 1.71 bits per heavy atom. The van der Waals surface area contributed by atoms with Crippen molar-refractivity contribution in [2.75, 3.05) is 0 Å². The maximum Gasteiger partial charge on any atom is 0.0464 e. The van der Waals surface area contributed by atoms with E-state index in [-0.39, 0.29) is 4.83 Å². The SMILES string of the molecule is Clc1ccc(C(Br)Cc2ccccc2)c(Cl)c1. The molecule has 2 aromatic carbocycles. The molecule has 2 aromatic rings. The summed E-state index contributed by atoms with van der Waals surface area (Å²) >= 11 is 15.7. The van der Waals surface area contributed by atoms with Gasteiger partial charge >= 0.3 is 0 Å². The van der Waals surface area contributed by atoms with Gasteiger partial charge in [-0.2, -0.15) is 0 Å². The molecule has 0 amide bonds. The normalized spacial score (nSPS) is 12.4. The second-order valence-electron chi connectivity index (χ2n) is 3.82. The molecule has 0 aliphatic rings. The molecule has 0 spiro atoms. The van der Waals surface area contributed by atoms with E-state index in [1.54, 1.807) is 6.07 Å². The third-order valence-electron chi connectivity index (χ3n) is 2.56. The highest BCUT2D eigenvalue weighted by Gasteiger charge is 2.12. The summed E-state index contributed by atoms with van der Waals surface area (Å²) in [6.45, 7) is 0. The summed E-state index contributed by atoms with van der Waals surface area (Å²) < 4.78 is 0. The molecule has 0 saturated heterocycles. The van der Waals surface area contributed by atoms with Crippen molar-refractivity contribution in [2.24, 2.45) is 0 Å². The summed E-state index contributed by atoms with van der Waals surface area (Å²) in [5.41, 5.74) is 2.35. The Kier molecular flexibility index (Phi) is 4.49. The molecular formula is C14H11BrCl2. The topological polar surface area (TPSA) is 0 Å². The average Bonchev–Trinajstić information content (AvgIpc) is 2.30. The molecule has 0 heterocycles. The first kappa shape index (κ1) is 12.9. The molecule has 0 fully saturated rings. The maximum absolute atomic E-state index is 6.18. The standard InChI is InChI=1S/C14H11BrCl2/c15-13(8-10-4-2-1-3-5-10)12-7-6-11(16)9-14(12)17/h1-7,9,13H,8H2. The second-order valence-corrected chi connectivity index (χ2v) is 5.77. The van der Waals surface area contributed by atoms with Crippen molar-refractivity contribution in [1.29, 1.82) is 0 Å². The predicted octanol–water partition coefficient (Wildman–Crippen LogP) is 5.67. The van der Waals surface area contributed by atoms with Crippen LogP contribution in [-0.2, 0) is 6.42 Å². The van der Waals surface area contributed by atoms with Crippen LogP contribution in [0.4, 0.5) is 0 Å². The fourth-order valence-electron chi connectivity index (χ4n) is 1.69. The van der Waals surface area contributed by atoms with Crippen LogP contribution in [0.25, 0.3) is 0 Å². The van der Waals surface area contributed by atoms with Gasteiger partial charge in [0.2, 0.25) is 0 Å². The van der Waals surface area contributed by atoms with Crippen molar-refractivity contribution in [3.8, 4) is 0 Å². The zero-order chi connectivity index (χ0) is 12.3. The maximum atomic E-state index is 6.18. The smallest absolute Gasteiger partial charge is 0.0464 e. The Morgan fingerprint density at radius 3 is 2.35 bits per heavy atom. The zero-order valence-electron chi connectivity index (χ0n) is 9.04. The van der Waals surface area contributed by atoms with Gasteiger partial charge in [0.1, 0.15) is 0 Å². The van der Waals surface area contributed by atoms with Gasteiger partial charge in [0, 0.05) is 14.9 Å². The predicted molar refractivity (Wildman–Crippen MR) is 78.3 cm³/mol. The van der Waals surface area contributed by atoms with Crippen LogP contribution in [-0.4, -0.2) is 0 Å². The average molecular weight is 330 g/mol. The largest absolute Gasteiger partial charge is 0.0843 e. The minimum absolute atomic E-state index is 0.203. The van der Waals surface area contributed by atoms with Crippen LogP contribution in [0.3, 0.4) is 0 Å². The molecule has 1 unspecified atom stereocenters. The summed E-state index contributed by atoms with van der Waals surface area (Å²) in [5.74, 6) is 0. The number of hydrogen-bond acceptors (Lipinski definition) is 0. The van der Waals surface area contributed by atoms with E-state index in [1.807, 2.05) is 30.3 Å². The van der Waals surface area contributed by atoms with E-state index < -0.39 is 0 Å². The third-order valence-corrected chi connectivity index (χ3v) is 3.94. The van der Waals surface area contributed by atoms with Gasteiger partial charge in [-0.15, -0.1) is 0 Å². The highest BCUT2D eigenvalue weighted by Crippen LogP contribution is 2.33. The van der Waals surface area contributed by atoms with Gasteiger partial charge in [-0.25, -0.2) is 0 Å². The molecule has 1 atom stereocenters. The van der Waals surface area contributed by atoms with Crippen LogP contribution >= 0.6 is 39.1 Å². The lowest BCUT2D eigenvalue weighted by Crippen LogP contribution is -1.96. The van der Waals surface area contributed by atoms with Crippen molar-refractivity contribution in [1.82, 2.24) is 0 Å². The van der Waals surface area contributed by atoms with Crippen molar-refractivity contribution in [3.63, 3.8) is 0 Å². The second kappa shape index (κ2) is 5.90. The van der Waals surface area contributed by atoms with E-state index in [1.165, 1.54) is 5.56 Å². The van der Waals surface area contributed by atoms with Crippen LogP contribution in [0.5, 0.6) is 0 Å². The fourth-order valence-corrected chi connectivity index (χ4v) is 3.13. The molecule has 88 valence electrons.